The summed E-state index contributed by atoms with van der Waals surface area (Å²) in [4.78, 5) is 14.9. The molecule has 4 nitrogen and oxygen atoms in total. The minimum atomic E-state index is -4.24. The first-order valence-corrected chi connectivity index (χ1v) is 6.25. The number of carbonyl (C=O) groups is 1. The molecule has 17 heavy (non-hydrogen) atoms. The minimum absolute atomic E-state index is 0.0685. The molecule has 0 atom stereocenters. The number of thiazole rings is 1. The number of hydrogen-bond donors (Lipinski definition) is 2. The van der Waals surface area contributed by atoms with Gasteiger partial charge >= 0.3 is 11.5 Å². The number of alkyl halides is 3. The quantitative estimate of drug-likeness (QED) is 0.815. The molecule has 0 aliphatic rings. The Balaban J connectivity index is 2.43. The zero-order chi connectivity index (χ0) is 13.1. The maximum Gasteiger partial charge on any atom is 0.441 e. The molecule has 0 saturated carbocycles. The van der Waals surface area contributed by atoms with Crippen LogP contribution < -0.4 is 5.32 Å². The number of rotatable bonds is 5. The molecule has 0 amide bonds. The lowest BCUT2D eigenvalue weighted by Gasteiger charge is -2.05. The molecule has 0 aliphatic carbocycles. The number of thioether (sulfide) groups is 1. The van der Waals surface area contributed by atoms with E-state index < -0.39 is 11.5 Å². The number of nitrogens with zero attached hydrogens (tertiary/aromatic N) is 1. The van der Waals surface area contributed by atoms with Gasteiger partial charge in [-0.2, -0.15) is 13.2 Å². The van der Waals surface area contributed by atoms with E-state index in [1.807, 2.05) is 0 Å². The third-order valence-electron chi connectivity index (χ3n) is 1.64. The Morgan fingerprint density at radius 1 is 1.59 bits per heavy atom. The zero-order valence-electron chi connectivity index (χ0n) is 8.67. The molecule has 2 N–H and O–H groups in total. The first-order valence-electron chi connectivity index (χ1n) is 4.45. The van der Waals surface area contributed by atoms with Crippen LogP contribution >= 0.6 is 23.1 Å². The van der Waals surface area contributed by atoms with Crippen LogP contribution in [0.1, 0.15) is 15.4 Å². The normalized spacial score (nSPS) is 11.5. The van der Waals surface area contributed by atoms with E-state index in [-0.39, 0.29) is 29.8 Å². The van der Waals surface area contributed by atoms with Gasteiger partial charge in [0.2, 0.25) is 0 Å². The second kappa shape index (κ2) is 5.58. The van der Waals surface area contributed by atoms with Gasteiger partial charge in [-0.3, -0.25) is 0 Å². The van der Waals surface area contributed by atoms with Gasteiger partial charge < -0.3 is 10.4 Å². The van der Waals surface area contributed by atoms with Crippen LogP contribution in [0.15, 0.2) is 0 Å². The first-order chi connectivity index (χ1) is 7.79. The Morgan fingerprint density at radius 2 is 2.24 bits per heavy atom. The molecule has 1 aromatic heterocycles. The Bertz CT molecular complexity index is 406. The molecule has 0 aliphatic heterocycles. The van der Waals surface area contributed by atoms with Crippen LogP contribution in [-0.4, -0.2) is 33.9 Å². The van der Waals surface area contributed by atoms with E-state index in [0.717, 1.165) is 11.3 Å². The molecular formula is C8H9F3N2O2S2. The van der Waals surface area contributed by atoms with E-state index in [1.54, 1.807) is 6.92 Å². The Labute approximate surface area is 103 Å². The van der Waals surface area contributed by atoms with Crippen molar-refractivity contribution in [2.75, 3.05) is 17.6 Å². The van der Waals surface area contributed by atoms with Gasteiger partial charge in [-0.25, -0.2) is 9.78 Å². The fraction of sp³-hybridized carbons (Fsp3) is 0.500. The summed E-state index contributed by atoms with van der Waals surface area (Å²) in [6.07, 6.45) is 0. The molecular weight excluding hydrogens is 277 g/mol. The second-order valence-corrected chi connectivity index (χ2v) is 5.31. The molecule has 0 aromatic carbocycles. The molecule has 0 radical (unpaired) electrons. The van der Waals surface area contributed by atoms with Crippen molar-refractivity contribution in [3.05, 3.63) is 10.6 Å². The lowest BCUT2D eigenvalue weighted by Crippen LogP contribution is -2.09. The highest BCUT2D eigenvalue weighted by Crippen LogP contribution is 2.30. The molecule has 9 heteroatoms. The van der Waals surface area contributed by atoms with Crippen LogP contribution in [0.4, 0.5) is 18.3 Å². The van der Waals surface area contributed by atoms with Gasteiger partial charge in [0.15, 0.2) is 10.8 Å². The lowest BCUT2D eigenvalue weighted by molar-refractivity contribution is -0.0327. The number of anilines is 1. The summed E-state index contributed by atoms with van der Waals surface area (Å²) in [5.74, 6) is -1.29. The van der Waals surface area contributed by atoms with Crippen molar-refractivity contribution in [3.63, 3.8) is 0 Å². The van der Waals surface area contributed by atoms with E-state index in [1.165, 1.54) is 0 Å². The average Bonchev–Trinajstić information content (AvgIpc) is 2.53. The van der Waals surface area contributed by atoms with Crippen LogP contribution in [0, 0.1) is 6.92 Å². The summed E-state index contributed by atoms with van der Waals surface area (Å²) >= 11 is 0.975. The highest BCUT2D eigenvalue weighted by molar-refractivity contribution is 8.00. The highest BCUT2D eigenvalue weighted by Gasteiger charge is 2.27. The fourth-order valence-corrected chi connectivity index (χ4v) is 2.26. The predicted octanol–water partition coefficient (Wildman–Crippen LogP) is 2.81. The number of aromatic carboxylic acids is 1. The van der Waals surface area contributed by atoms with Crippen molar-refractivity contribution in [1.29, 1.82) is 0 Å². The SMILES string of the molecule is Cc1sc(NCCSC(F)(F)F)nc1C(=O)O. The minimum Gasteiger partial charge on any atom is -0.476 e. The van der Waals surface area contributed by atoms with Gasteiger partial charge in [0.05, 0.1) is 0 Å². The fourth-order valence-electron chi connectivity index (χ4n) is 0.995. The third kappa shape index (κ3) is 4.82. The van der Waals surface area contributed by atoms with Gasteiger partial charge in [0.25, 0.3) is 0 Å². The van der Waals surface area contributed by atoms with Crippen LogP contribution in [0.5, 0.6) is 0 Å². The van der Waals surface area contributed by atoms with Crippen LogP contribution in [0.25, 0.3) is 0 Å². The van der Waals surface area contributed by atoms with Gasteiger partial charge in [-0.05, 0) is 18.7 Å². The number of hydrogen-bond acceptors (Lipinski definition) is 5. The summed E-state index contributed by atoms with van der Waals surface area (Å²) in [6, 6.07) is 0. The summed E-state index contributed by atoms with van der Waals surface area (Å²) in [7, 11) is 0. The maximum absolute atomic E-state index is 11.8. The molecule has 1 rings (SSSR count). The summed E-state index contributed by atoms with van der Waals surface area (Å²) in [5, 5.41) is 11.7. The molecule has 96 valence electrons. The Kier molecular flexibility index (Phi) is 4.63. The van der Waals surface area contributed by atoms with E-state index in [4.69, 9.17) is 5.11 Å². The van der Waals surface area contributed by atoms with Gasteiger partial charge in [0.1, 0.15) is 0 Å². The van der Waals surface area contributed by atoms with Crippen molar-refractivity contribution >= 4 is 34.2 Å². The molecule has 0 fully saturated rings. The highest BCUT2D eigenvalue weighted by atomic mass is 32.2. The number of carboxylic acids is 1. The standard InChI is InChI=1S/C8H9F3N2O2S2/c1-4-5(6(14)15)13-7(17-4)12-2-3-16-8(9,10)11/h2-3H2,1H3,(H,12,13)(H,14,15). The topological polar surface area (TPSA) is 62.2 Å². The summed E-state index contributed by atoms with van der Waals surface area (Å²) < 4.78 is 35.4. The van der Waals surface area contributed by atoms with Crippen LogP contribution in [-0.2, 0) is 0 Å². The monoisotopic (exact) mass is 286 g/mol. The van der Waals surface area contributed by atoms with Crippen molar-refractivity contribution in [2.24, 2.45) is 0 Å². The largest absolute Gasteiger partial charge is 0.476 e. The molecule has 0 unspecified atom stereocenters. The van der Waals surface area contributed by atoms with Gasteiger partial charge in [-0.15, -0.1) is 11.3 Å². The summed E-state index contributed by atoms with van der Waals surface area (Å²) in [5.41, 5.74) is -4.31. The molecule has 1 heterocycles. The van der Waals surface area contributed by atoms with E-state index in [0.29, 0.717) is 10.0 Å². The average molecular weight is 286 g/mol. The van der Waals surface area contributed by atoms with E-state index in [9.17, 15) is 18.0 Å². The second-order valence-electron chi connectivity index (χ2n) is 2.95. The van der Waals surface area contributed by atoms with Crippen molar-refractivity contribution in [3.8, 4) is 0 Å². The van der Waals surface area contributed by atoms with Crippen LogP contribution in [0.2, 0.25) is 0 Å². The zero-order valence-corrected chi connectivity index (χ0v) is 10.3. The van der Waals surface area contributed by atoms with Crippen LogP contribution in [0.3, 0.4) is 0 Å². The van der Waals surface area contributed by atoms with Gasteiger partial charge in [0, 0.05) is 17.2 Å². The molecule has 0 saturated heterocycles. The van der Waals surface area contributed by atoms with E-state index in [2.05, 4.69) is 10.3 Å². The molecule has 0 spiro atoms. The predicted molar refractivity (Wildman–Crippen MR) is 60.8 cm³/mol. The Hall–Kier alpha value is -0.960. The number of aromatic nitrogens is 1. The number of aryl methyl sites for hydroxylation is 1. The maximum atomic E-state index is 11.8. The summed E-state index contributed by atoms with van der Waals surface area (Å²) in [6.45, 7) is 1.67. The number of nitrogens with one attached hydrogen (secondary N) is 1. The Morgan fingerprint density at radius 3 is 2.71 bits per heavy atom. The van der Waals surface area contributed by atoms with Crippen molar-refractivity contribution < 1.29 is 23.1 Å². The van der Waals surface area contributed by atoms with Crippen molar-refractivity contribution in [1.82, 2.24) is 4.98 Å². The smallest absolute Gasteiger partial charge is 0.441 e. The lowest BCUT2D eigenvalue weighted by atomic mass is 10.4. The van der Waals surface area contributed by atoms with Gasteiger partial charge in [-0.1, -0.05) is 0 Å². The number of carboxylic acid groups (broad SMARTS) is 1. The van der Waals surface area contributed by atoms with Crippen molar-refractivity contribution in [2.45, 2.75) is 12.4 Å². The first kappa shape index (κ1) is 14.1. The number of halogens is 3. The third-order valence-corrected chi connectivity index (χ3v) is 3.31. The molecule has 0 bridgehead atoms. The molecule has 1 aromatic rings. The van der Waals surface area contributed by atoms with E-state index >= 15 is 0 Å².